The predicted molar refractivity (Wildman–Crippen MR) is 84.5 cm³/mol. The standard InChI is InChI=1S/C14H16BrNO4S/c1-7(2)13-16(10(6-21-13)14(19)20)12(18)8-3-4-9(15)11(17)5-8/h3-5,7,10,13,17H,6H2,1-2H3,(H,19,20). The highest BCUT2D eigenvalue weighted by Crippen LogP contribution is 2.36. The maximum absolute atomic E-state index is 12.7. The average Bonchev–Trinajstić information content (AvgIpc) is 2.86. The third kappa shape index (κ3) is 3.18. The molecule has 0 bridgehead atoms. The Morgan fingerprint density at radius 1 is 1.43 bits per heavy atom. The zero-order chi connectivity index (χ0) is 15.7. The van der Waals surface area contributed by atoms with E-state index < -0.39 is 12.0 Å². The van der Waals surface area contributed by atoms with Crippen molar-refractivity contribution < 1.29 is 19.8 Å². The van der Waals surface area contributed by atoms with Crippen molar-refractivity contribution in [2.75, 3.05) is 5.75 Å². The van der Waals surface area contributed by atoms with Crippen LogP contribution < -0.4 is 0 Å². The molecule has 1 aromatic carbocycles. The van der Waals surface area contributed by atoms with Crippen LogP contribution in [0.2, 0.25) is 0 Å². The molecule has 1 aliphatic rings. The first-order chi connectivity index (χ1) is 9.82. The van der Waals surface area contributed by atoms with Gasteiger partial charge in [0.15, 0.2) is 0 Å². The lowest BCUT2D eigenvalue weighted by molar-refractivity contribution is -0.141. The van der Waals surface area contributed by atoms with Crippen LogP contribution in [0.3, 0.4) is 0 Å². The van der Waals surface area contributed by atoms with Gasteiger partial charge < -0.3 is 15.1 Å². The Morgan fingerprint density at radius 3 is 2.62 bits per heavy atom. The van der Waals surface area contributed by atoms with Crippen molar-refractivity contribution in [2.24, 2.45) is 5.92 Å². The Balaban J connectivity index is 2.36. The van der Waals surface area contributed by atoms with E-state index in [2.05, 4.69) is 15.9 Å². The van der Waals surface area contributed by atoms with Crippen LogP contribution in [0.4, 0.5) is 0 Å². The molecule has 2 unspecified atom stereocenters. The Morgan fingerprint density at radius 2 is 2.10 bits per heavy atom. The van der Waals surface area contributed by atoms with Gasteiger partial charge in [-0.25, -0.2) is 4.79 Å². The number of halogens is 1. The topological polar surface area (TPSA) is 77.8 Å². The monoisotopic (exact) mass is 373 g/mol. The molecule has 7 heteroatoms. The number of carbonyl (C=O) groups is 2. The molecule has 114 valence electrons. The molecular weight excluding hydrogens is 358 g/mol. The predicted octanol–water partition coefficient (Wildman–Crippen LogP) is 2.78. The molecular formula is C14H16BrNO4S. The molecule has 1 saturated heterocycles. The maximum atomic E-state index is 12.7. The van der Waals surface area contributed by atoms with Gasteiger partial charge in [0.2, 0.25) is 0 Å². The lowest BCUT2D eigenvalue weighted by Gasteiger charge is -2.29. The summed E-state index contributed by atoms with van der Waals surface area (Å²) in [6.45, 7) is 3.92. The molecule has 0 radical (unpaired) electrons. The van der Waals surface area contributed by atoms with Gasteiger partial charge in [-0.15, -0.1) is 11.8 Å². The number of aliphatic carboxylic acids is 1. The first-order valence-corrected chi connectivity index (χ1v) is 8.32. The fraction of sp³-hybridized carbons (Fsp3) is 0.429. The van der Waals surface area contributed by atoms with Crippen molar-refractivity contribution in [1.29, 1.82) is 0 Å². The molecule has 1 heterocycles. The average molecular weight is 374 g/mol. The van der Waals surface area contributed by atoms with Crippen molar-refractivity contribution >= 4 is 39.6 Å². The first kappa shape index (κ1) is 16.2. The Bertz CT molecular complexity index is 578. The maximum Gasteiger partial charge on any atom is 0.327 e. The van der Waals surface area contributed by atoms with Crippen molar-refractivity contribution in [2.45, 2.75) is 25.3 Å². The molecule has 0 aliphatic carbocycles. The third-order valence-electron chi connectivity index (χ3n) is 3.32. The summed E-state index contributed by atoms with van der Waals surface area (Å²) in [7, 11) is 0. The van der Waals surface area contributed by atoms with Crippen LogP contribution in [-0.2, 0) is 4.79 Å². The number of hydrogen-bond donors (Lipinski definition) is 2. The van der Waals surface area contributed by atoms with Crippen molar-refractivity contribution in [3.05, 3.63) is 28.2 Å². The van der Waals surface area contributed by atoms with Gasteiger partial charge in [-0.1, -0.05) is 13.8 Å². The number of aromatic hydroxyl groups is 1. The number of benzene rings is 1. The summed E-state index contributed by atoms with van der Waals surface area (Å²) in [5.41, 5.74) is 0.287. The molecule has 0 spiro atoms. The number of carbonyl (C=O) groups excluding carboxylic acids is 1. The summed E-state index contributed by atoms with van der Waals surface area (Å²) in [5.74, 6) is -0.880. The SMILES string of the molecule is CC(C)C1SCC(C(=O)O)N1C(=O)c1ccc(Br)c(O)c1. The third-order valence-corrected chi connectivity index (χ3v) is 5.61. The minimum absolute atomic E-state index is 0.0410. The second-order valence-electron chi connectivity index (χ2n) is 5.20. The fourth-order valence-electron chi connectivity index (χ4n) is 2.28. The van der Waals surface area contributed by atoms with Crippen LogP contribution in [0.15, 0.2) is 22.7 Å². The molecule has 1 aliphatic heterocycles. The molecule has 0 aromatic heterocycles. The van der Waals surface area contributed by atoms with Crippen molar-refractivity contribution in [3.8, 4) is 5.75 Å². The number of amides is 1. The van der Waals surface area contributed by atoms with Gasteiger partial charge >= 0.3 is 5.97 Å². The molecule has 1 fully saturated rings. The number of hydrogen-bond acceptors (Lipinski definition) is 4. The summed E-state index contributed by atoms with van der Waals surface area (Å²) in [5, 5.41) is 18.8. The van der Waals surface area contributed by atoms with E-state index >= 15 is 0 Å². The second kappa shape index (κ2) is 6.27. The number of rotatable bonds is 3. The van der Waals surface area contributed by atoms with Gasteiger partial charge in [-0.2, -0.15) is 0 Å². The number of nitrogens with zero attached hydrogens (tertiary/aromatic N) is 1. The lowest BCUT2D eigenvalue weighted by atomic mass is 10.1. The highest BCUT2D eigenvalue weighted by molar-refractivity contribution is 9.10. The highest BCUT2D eigenvalue weighted by Gasteiger charge is 2.43. The molecule has 2 atom stereocenters. The van der Waals surface area contributed by atoms with Gasteiger partial charge in [0.05, 0.1) is 9.85 Å². The molecule has 1 amide bonds. The molecule has 0 saturated carbocycles. The molecule has 2 rings (SSSR count). The van der Waals surface area contributed by atoms with Crippen LogP contribution in [0.1, 0.15) is 24.2 Å². The van der Waals surface area contributed by atoms with E-state index in [1.54, 1.807) is 12.1 Å². The Labute approximate surface area is 135 Å². The highest BCUT2D eigenvalue weighted by atomic mass is 79.9. The van der Waals surface area contributed by atoms with Crippen LogP contribution >= 0.6 is 27.7 Å². The van der Waals surface area contributed by atoms with Gasteiger partial charge in [0.1, 0.15) is 11.8 Å². The normalized spacial score (nSPS) is 21.8. The summed E-state index contributed by atoms with van der Waals surface area (Å²) < 4.78 is 0.491. The second-order valence-corrected chi connectivity index (χ2v) is 7.20. The van der Waals surface area contributed by atoms with E-state index in [0.29, 0.717) is 10.2 Å². The molecule has 21 heavy (non-hydrogen) atoms. The quantitative estimate of drug-likeness (QED) is 0.851. The van der Waals surface area contributed by atoms with Gasteiger partial charge in [0.25, 0.3) is 5.91 Å². The van der Waals surface area contributed by atoms with E-state index in [0.717, 1.165) is 0 Å². The summed E-state index contributed by atoms with van der Waals surface area (Å²) >= 11 is 4.64. The number of phenols is 1. The van der Waals surface area contributed by atoms with E-state index in [-0.39, 0.29) is 28.5 Å². The van der Waals surface area contributed by atoms with Gasteiger partial charge in [-0.05, 0) is 40.0 Å². The molecule has 2 N–H and O–H groups in total. The number of carboxylic acid groups (broad SMARTS) is 1. The van der Waals surface area contributed by atoms with E-state index in [1.165, 1.54) is 22.7 Å². The van der Waals surface area contributed by atoms with Crippen LogP contribution in [0.5, 0.6) is 5.75 Å². The Kier molecular flexibility index (Phi) is 4.83. The summed E-state index contributed by atoms with van der Waals surface area (Å²) in [6.07, 6.45) is 0. The summed E-state index contributed by atoms with van der Waals surface area (Å²) in [4.78, 5) is 25.5. The zero-order valence-corrected chi connectivity index (χ0v) is 14.0. The summed E-state index contributed by atoms with van der Waals surface area (Å²) in [6, 6.07) is 3.67. The van der Waals surface area contributed by atoms with Crippen LogP contribution in [0.25, 0.3) is 0 Å². The minimum atomic E-state index is -1.000. The van der Waals surface area contributed by atoms with Crippen molar-refractivity contribution in [1.82, 2.24) is 4.90 Å². The fourth-order valence-corrected chi connectivity index (χ4v) is 4.00. The Hall–Kier alpha value is -1.21. The van der Waals surface area contributed by atoms with E-state index in [4.69, 9.17) is 0 Å². The van der Waals surface area contributed by atoms with Gasteiger partial charge in [-0.3, -0.25) is 4.79 Å². The number of carboxylic acids is 1. The molecule has 5 nitrogen and oxygen atoms in total. The first-order valence-electron chi connectivity index (χ1n) is 6.48. The van der Waals surface area contributed by atoms with Crippen LogP contribution in [-0.4, -0.2) is 44.2 Å². The lowest BCUT2D eigenvalue weighted by Crippen LogP contribution is -2.47. The minimum Gasteiger partial charge on any atom is -0.507 e. The van der Waals surface area contributed by atoms with E-state index in [9.17, 15) is 19.8 Å². The zero-order valence-electron chi connectivity index (χ0n) is 11.6. The molecule has 1 aromatic rings. The number of thioether (sulfide) groups is 1. The van der Waals surface area contributed by atoms with Gasteiger partial charge in [0, 0.05) is 11.3 Å². The van der Waals surface area contributed by atoms with Crippen molar-refractivity contribution in [3.63, 3.8) is 0 Å². The largest absolute Gasteiger partial charge is 0.507 e. The van der Waals surface area contributed by atoms with Crippen LogP contribution in [0, 0.1) is 5.92 Å². The van der Waals surface area contributed by atoms with E-state index in [1.807, 2.05) is 13.8 Å². The smallest absolute Gasteiger partial charge is 0.327 e. The number of phenolic OH excluding ortho intramolecular Hbond substituents is 1.